The first-order valence-electron chi connectivity index (χ1n) is 4.13. The summed E-state index contributed by atoms with van der Waals surface area (Å²) in [7, 11) is 0. The van der Waals surface area contributed by atoms with E-state index in [4.69, 9.17) is 5.53 Å². The molecule has 0 amide bonds. The molecule has 0 bridgehead atoms. The van der Waals surface area contributed by atoms with Crippen LogP contribution < -0.4 is 0 Å². The Morgan fingerprint density at radius 1 is 1.62 bits per heavy atom. The number of nitrogens with zero attached hydrogens (tertiary/aromatic N) is 4. The van der Waals surface area contributed by atoms with E-state index >= 15 is 0 Å². The third-order valence-corrected chi connectivity index (χ3v) is 1.65. The van der Waals surface area contributed by atoms with Crippen LogP contribution in [0.2, 0.25) is 0 Å². The van der Waals surface area contributed by atoms with Crippen LogP contribution in [0.15, 0.2) is 23.3 Å². The van der Waals surface area contributed by atoms with Gasteiger partial charge in [-0.05, 0) is 11.6 Å². The van der Waals surface area contributed by atoms with Gasteiger partial charge in [0.2, 0.25) is 5.75 Å². The number of hydrogen-bond donors (Lipinski definition) is 1. The SMILES string of the molecule is [N-]=[N+]=NCC#Cc1cccc([N+](=O)[O-])c1O. The van der Waals surface area contributed by atoms with E-state index in [-0.39, 0.29) is 12.1 Å². The van der Waals surface area contributed by atoms with Crippen LogP contribution in [-0.4, -0.2) is 16.6 Å². The highest BCUT2D eigenvalue weighted by atomic mass is 16.6. The van der Waals surface area contributed by atoms with Crippen molar-refractivity contribution in [1.29, 1.82) is 0 Å². The molecule has 0 unspecified atom stereocenters. The number of hydrogen-bond acceptors (Lipinski definition) is 4. The zero-order valence-corrected chi connectivity index (χ0v) is 7.99. The number of nitro groups is 1. The Balaban J connectivity index is 3.04. The van der Waals surface area contributed by atoms with Gasteiger partial charge in [0.05, 0.1) is 17.0 Å². The van der Waals surface area contributed by atoms with Gasteiger partial charge < -0.3 is 5.11 Å². The van der Waals surface area contributed by atoms with Gasteiger partial charge in [-0.1, -0.05) is 23.0 Å². The fraction of sp³-hybridized carbons (Fsp3) is 0.111. The van der Waals surface area contributed by atoms with Crippen LogP contribution in [-0.2, 0) is 0 Å². The van der Waals surface area contributed by atoms with Gasteiger partial charge in [-0.25, -0.2) is 0 Å². The Morgan fingerprint density at radius 3 is 3.00 bits per heavy atom. The summed E-state index contributed by atoms with van der Waals surface area (Å²) in [5, 5.41) is 23.1. The van der Waals surface area contributed by atoms with Crippen molar-refractivity contribution in [2.45, 2.75) is 0 Å². The molecule has 0 saturated heterocycles. The lowest BCUT2D eigenvalue weighted by Crippen LogP contribution is -1.90. The van der Waals surface area contributed by atoms with Crippen molar-refractivity contribution in [1.82, 2.24) is 0 Å². The first kappa shape index (κ1) is 11.4. The van der Waals surface area contributed by atoms with Crippen molar-refractivity contribution in [2.24, 2.45) is 5.11 Å². The second kappa shape index (κ2) is 5.24. The van der Waals surface area contributed by atoms with E-state index in [0.29, 0.717) is 0 Å². The Labute approximate surface area is 90.1 Å². The molecule has 1 aromatic rings. The molecule has 80 valence electrons. The quantitative estimate of drug-likeness (QED) is 0.204. The summed E-state index contributed by atoms with van der Waals surface area (Å²) in [6.45, 7) is -0.0569. The molecule has 7 nitrogen and oxygen atoms in total. The van der Waals surface area contributed by atoms with Crippen molar-refractivity contribution in [3.8, 4) is 17.6 Å². The lowest BCUT2D eigenvalue weighted by Gasteiger charge is -1.97. The van der Waals surface area contributed by atoms with E-state index in [2.05, 4.69) is 21.9 Å². The second-order valence-electron chi connectivity index (χ2n) is 2.62. The van der Waals surface area contributed by atoms with E-state index in [1.807, 2.05) is 0 Å². The molecule has 0 fully saturated rings. The summed E-state index contributed by atoms with van der Waals surface area (Å²) in [5.74, 6) is 4.45. The molecule has 0 heterocycles. The van der Waals surface area contributed by atoms with Crippen LogP contribution in [0.3, 0.4) is 0 Å². The fourth-order valence-electron chi connectivity index (χ4n) is 0.981. The molecule has 0 aliphatic carbocycles. The zero-order chi connectivity index (χ0) is 12.0. The maximum Gasteiger partial charge on any atom is 0.312 e. The van der Waals surface area contributed by atoms with Gasteiger partial charge in [0.15, 0.2) is 0 Å². The Bertz CT molecular complexity index is 523. The molecule has 1 rings (SSSR count). The van der Waals surface area contributed by atoms with Crippen LogP contribution in [0, 0.1) is 22.0 Å². The minimum Gasteiger partial charge on any atom is -0.501 e. The number of nitro benzene ring substituents is 1. The van der Waals surface area contributed by atoms with Gasteiger partial charge in [-0.15, -0.1) is 0 Å². The predicted octanol–water partition coefficient (Wildman–Crippen LogP) is 1.96. The van der Waals surface area contributed by atoms with Crippen LogP contribution in [0.25, 0.3) is 10.4 Å². The van der Waals surface area contributed by atoms with Gasteiger partial charge in [0.25, 0.3) is 0 Å². The predicted molar refractivity (Wildman–Crippen MR) is 55.7 cm³/mol. The Kier molecular flexibility index (Phi) is 3.72. The molecule has 1 aromatic carbocycles. The molecule has 0 aliphatic rings. The summed E-state index contributed by atoms with van der Waals surface area (Å²) >= 11 is 0. The highest BCUT2D eigenvalue weighted by Gasteiger charge is 2.14. The maximum absolute atomic E-state index is 10.5. The standard InChI is InChI=1S/C9H6N4O3/c10-12-11-6-2-4-7-3-1-5-8(9(7)14)13(15)16/h1,3,5,14H,6H2. The fourth-order valence-corrected chi connectivity index (χ4v) is 0.981. The third-order valence-electron chi connectivity index (χ3n) is 1.65. The first-order chi connectivity index (χ1) is 7.66. The molecule has 0 spiro atoms. The second-order valence-corrected chi connectivity index (χ2v) is 2.62. The van der Waals surface area contributed by atoms with Crippen molar-refractivity contribution in [3.63, 3.8) is 0 Å². The number of benzene rings is 1. The van der Waals surface area contributed by atoms with E-state index in [0.717, 1.165) is 0 Å². The molecular weight excluding hydrogens is 212 g/mol. The molecule has 7 heteroatoms. The molecule has 0 aromatic heterocycles. The number of phenolic OH excluding ortho intramolecular Hbond substituents is 1. The molecule has 0 aliphatic heterocycles. The normalized spacial score (nSPS) is 8.50. The number of para-hydroxylation sites is 1. The summed E-state index contributed by atoms with van der Waals surface area (Å²) in [4.78, 5) is 12.3. The average Bonchev–Trinajstić information content (AvgIpc) is 2.26. The summed E-state index contributed by atoms with van der Waals surface area (Å²) < 4.78 is 0. The maximum atomic E-state index is 10.5. The van der Waals surface area contributed by atoms with Gasteiger partial charge in [-0.2, -0.15) is 0 Å². The lowest BCUT2D eigenvalue weighted by atomic mass is 10.2. The minimum absolute atomic E-state index is 0.0569. The van der Waals surface area contributed by atoms with Crippen molar-refractivity contribution < 1.29 is 10.0 Å². The molecule has 1 N–H and O–H groups in total. The zero-order valence-electron chi connectivity index (χ0n) is 7.99. The van der Waals surface area contributed by atoms with E-state index < -0.39 is 16.4 Å². The minimum atomic E-state index is -0.700. The van der Waals surface area contributed by atoms with Crippen molar-refractivity contribution in [2.75, 3.05) is 6.54 Å². The van der Waals surface area contributed by atoms with Gasteiger partial charge in [0.1, 0.15) is 0 Å². The summed E-state index contributed by atoms with van der Waals surface area (Å²) in [5.41, 5.74) is 7.71. The van der Waals surface area contributed by atoms with Crippen molar-refractivity contribution in [3.05, 3.63) is 44.3 Å². The summed E-state index contributed by atoms with van der Waals surface area (Å²) in [6, 6.07) is 4.02. The Hall–Kier alpha value is -2.71. The lowest BCUT2D eigenvalue weighted by molar-refractivity contribution is -0.385. The number of azide groups is 1. The highest BCUT2D eigenvalue weighted by molar-refractivity contribution is 5.56. The highest BCUT2D eigenvalue weighted by Crippen LogP contribution is 2.28. The van der Waals surface area contributed by atoms with Crippen LogP contribution in [0.1, 0.15) is 5.56 Å². The van der Waals surface area contributed by atoms with Gasteiger partial charge >= 0.3 is 5.69 Å². The summed E-state index contributed by atoms with van der Waals surface area (Å²) in [6.07, 6.45) is 0. The molecular formula is C9H6N4O3. The Morgan fingerprint density at radius 2 is 2.38 bits per heavy atom. The molecule has 0 saturated carbocycles. The average molecular weight is 218 g/mol. The smallest absolute Gasteiger partial charge is 0.312 e. The molecule has 0 radical (unpaired) electrons. The monoisotopic (exact) mass is 218 g/mol. The van der Waals surface area contributed by atoms with Crippen LogP contribution in [0.4, 0.5) is 5.69 Å². The largest absolute Gasteiger partial charge is 0.501 e. The molecule has 16 heavy (non-hydrogen) atoms. The van der Waals surface area contributed by atoms with Gasteiger partial charge in [-0.3, -0.25) is 10.1 Å². The number of rotatable bonds is 2. The topological polar surface area (TPSA) is 112 Å². The van der Waals surface area contributed by atoms with Crippen LogP contribution in [0.5, 0.6) is 5.75 Å². The number of phenols is 1. The first-order valence-corrected chi connectivity index (χ1v) is 4.13. The van der Waals surface area contributed by atoms with Gasteiger partial charge in [0, 0.05) is 11.0 Å². The third kappa shape index (κ3) is 2.64. The van der Waals surface area contributed by atoms with Crippen LogP contribution >= 0.6 is 0 Å². The van der Waals surface area contributed by atoms with E-state index in [9.17, 15) is 15.2 Å². The van der Waals surface area contributed by atoms with E-state index in [1.165, 1.54) is 18.2 Å². The van der Waals surface area contributed by atoms with E-state index in [1.54, 1.807) is 0 Å². The molecule has 0 atom stereocenters. The van der Waals surface area contributed by atoms with Crippen molar-refractivity contribution >= 4 is 5.69 Å². The number of aromatic hydroxyl groups is 1.